The van der Waals surface area contributed by atoms with E-state index in [4.69, 9.17) is 4.74 Å². The van der Waals surface area contributed by atoms with Gasteiger partial charge >= 0.3 is 6.03 Å². The number of amides is 2. The van der Waals surface area contributed by atoms with E-state index in [9.17, 15) is 18.7 Å². The van der Waals surface area contributed by atoms with Crippen molar-refractivity contribution in [3.63, 3.8) is 0 Å². The largest absolute Gasteiger partial charge is 0.491 e. The van der Waals surface area contributed by atoms with Crippen LogP contribution in [0.2, 0.25) is 0 Å². The minimum absolute atomic E-state index is 0.126. The Hall–Kier alpha value is -2.71. The molecule has 2 aromatic carbocycles. The summed E-state index contributed by atoms with van der Waals surface area (Å²) in [4.78, 5) is 13.7. The van der Waals surface area contributed by atoms with Crippen LogP contribution in [-0.4, -0.2) is 49.4 Å². The highest BCUT2D eigenvalue weighted by Crippen LogP contribution is 2.18. The molecule has 0 unspecified atom stereocenters. The molecule has 0 bridgehead atoms. The fraction of sp³-hybridized carbons (Fsp3) is 0.278. The van der Waals surface area contributed by atoms with E-state index in [1.807, 2.05) is 19.0 Å². The third kappa shape index (κ3) is 6.30. The number of carbonyl (C=O) groups excluding carboxylic acids is 1. The Kier molecular flexibility index (Phi) is 6.88. The topological polar surface area (TPSA) is 73.8 Å². The average Bonchev–Trinajstić information content (AvgIpc) is 2.56. The Morgan fingerprint density at radius 1 is 1.15 bits per heavy atom. The van der Waals surface area contributed by atoms with Gasteiger partial charge in [-0.3, -0.25) is 0 Å². The summed E-state index contributed by atoms with van der Waals surface area (Å²) >= 11 is 0. The normalized spacial score (nSPS) is 11.9. The number of benzene rings is 2. The maximum atomic E-state index is 13.5. The number of nitrogens with one attached hydrogen (secondary N) is 2. The van der Waals surface area contributed by atoms with Crippen LogP contribution in [-0.2, 0) is 0 Å². The molecule has 8 heteroatoms. The maximum Gasteiger partial charge on any atom is 0.323 e. The second-order valence-electron chi connectivity index (χ2n) is 5.95. The first-order valence-corrected chi connectivity index (χ1v) is 7.92. The summed E-state index contributed by atoms with van der Waals surface area (Å²) in [6.07, 6.45) is -0.612. The monoisotopic (exact) mass is 365 g/mol. The Labute approximate surface area is 150 Å². The zero-order valence-electron chi connectivity index (χ0n) is 14.5. The average molecular weight is 365 g/mol. The van der Waals surface area contributed by atoms with Crippen molar-refractivity contribution >= 4 is 17.4 Å². The zero-order chi connectivity index (χ0) is 19.1. The van der Waals surface area contributed by atoms with Gasteiger partial charge in [0.1, 0.15) is 30.1 Å². The number of anilines is 2. The van der Waals surface area contributed by atoms with E-state index in [0.717, 1.165) is 12.1 Å². The second-order valence-corrected chi connectivity index (χ2v) is 5.95. The fourth-order valence-corrected chi connectivity index (χ4v) is 2.18. The van der Waals surface area contributed by atoms with Gasteiger partial charge in [0.25, 0.3) is 0 Å². The lowest BCUT2D eigenvalue weighted by atomic mass is 10.3. The summed E-state index contributed by atoms with van der Waals surface area (Å²) in [6, 6.07) is 8.70. The molecule has 0 aromatic heterocycles. The van der Waals surface area contributed by atoms with Crippen LogP contribution in [0.1, 0.15) is 0 Å². The van der Waals surface area contributed by atoms with Crippen molar-refractivity contribution in [2.75, 3.05) is 37.9 Å². The highest BCUT2D eigenvalue weighted by Gasteiger charge is 2.09. The van der Waals surface area contributed by atoms with E-state index >= 15 is 0 Å². The predicted molar refractivity (Wildman–Crippen MR) is 95.5 cm³/mol. The summed E-state index contributed by atoms with van der Waals surface area (Å²) in [6.45, 7) is 0.634. The molecule has 2 amide bonds. The van der Waals surface area contributed by atoms with E-state index < -0.39 is 23.8 Å². The van der Waals surface area contributed by atoms with Crippen molar-refractivity contribution in [2.24, 2.45) is 0 Å². The number of aliphatic hydroxyl groups excluding tert-OH is 1. The number of carbonyl (C=O) groups is 1. The number of hydrogen-bond acceptors (Lipinski definition) is 4. The van der Waals surface area contributed by atoms with Gasteiger partial charge in [-0.2, -0.15) is 0 Å². The number of likely N-dealkylation sites (N-methyl/N-ethyl adjacent to an activating group) is 1. The molecule has 2 aromatic rings. The van der Waals surface area contributed by atoms with Crippen LogP contribution in [0, 0.1) is 11.6 Å². The molecule has 6 nitrogen and oxygen atoms in total. The molecule has 0 aliphatic carbocycles. The molecular weight excluding hydrogens is 344 g/mol. The molecule has 0 aliphatic heterocycles. The number of aliphatic hydroxyl groups is 1. The fourth-order valence-electron chi connectivity index (χ4n) is 2.18. The number of rotatable bonds is 7. The van der Waals surface area contributed by atoms with Crippen LogP contribution in [0.3, 0.4) is 0 Å². The molecule has 0 aliphatic rings. The van der Waals surface area contributed by atoms with Gasteiger partial charge in [0, 0.05) is 18.3 Å². The van der Waals surface area contributed by atoms with E-state index in [0.29, 0.717) is 24.0 Å². The van der Waals surface area contributed by atoms with Gasteiger partial charge in [0.15, 0.2) is 0 Å². The van der Waals surface area contributed by atoms with E-state index in [1.54, 1.807) is 24.3 Å². The van der Waals surface area contributed by atoms with Crippen molar-refractivity contribution in [1.82, 2.24) is 4.90 Å². The van der Waals surface area contributed by atoms with Crippen molar-refractivity contribution in [3.8, 4) is 5.75 Å². The summed E-state index contributed by atoms with van der Waals surface area (Å²) in [7, 11) is 3.71. The standard InChI is InChI=1S/C18H21F2N3O3/c1-23(2)10-14(24)11-26-15-6-4-13(5-7-15)21-18(25)22-17-8-3-12(19)9-16(17)20/h3-9,14,24H,10-11H2,1-2H3,(H2,21,22,25)/t14-/m1/s1. The lowest BCUT2D eigenvalue weighted by molar-refractivity contribution is 0.0831. The van der Waals surface area contributed by atoms with E-state index in [2.05, 4.69) is 10.6 Å². The van der Waals surface area contributed by atoms with Gasteiger partial charge in [-0.25, -0.2) is 13.6 Å². The van der Waals surface area contributed by atoms with Gasteiger partial charge in [-0.15, -0.1) is 0 Å². The molecule has 2 rings (SSSR count). The molecular formula is C18H21F2N3O3. The first-order chi connectivity index (χ1) is 12.3. The van der Waals surface area contributed by atoms with E-state index in [1.165, 1.54) is 0 Å². The SMILES string of the molecule is CN(C)C[C@@H](O)COc1ccc(NC(=O)Nc2ccc(F)cc2F)cc1. The van der Waals surface area contributed by atoms with Crippen LogP contribution in [0.15, 0.2) is 42.5 Å². The first kappa shape index (κ1) is 19.6. The molecule has 0 heterocycles. The quantitative estimate of drug-likeness (QED) is 0.705. The highest BCUT2D eigenvalue weighted by atomic mass is 19.1. The van der Waals surface area contributed by atoms with E-state index in [-0.39, 0.29) is 12.3 Å². The van der Waals surface area contributed by atoms with Crippen LogP contribution >= 0.6 is 0 Å². The minimum atomic E-state index is -0.861. The van der Waals surface area contributed by atoms with Crippen LogP contribution in [0.5, 0.6) is 5.75 Å². The number of nitrogens with zero attached hydrogens (tertiary/aromatic N) is 1. The molecule has 140 valence electrons. The Balaban J connectivity index is 1.85. The summed E-state index contributed by atoms with van der Waals surface area (Å²) in [5.41, 5.74) is 0.338. The van der Waals surface area contributed by atoms with Gasteiger partial charge in [-0.05, 0) is 50.5 Å². The Bertz CT molecular complexity index is 739. The molecule has 0 saturated heterocycles. The van der Waals surface area contributed by atoms with Crippen molar-refractivity contribution in [1.29, 1.82) is 0 Å². The number of hydrogen-bond donors (Lipinski definition) is 3. The van der Waals surface area contributed by atoms with Crippen molar-refractivity contribution < 1.29 is 23.4 Å². The molecule has 0 saturated carbocycles. The highest BCUT2D eigenvalue weighted by molar-refractivity contribution is 5.99. The van der Waals surface area contributed by atoms with Gasteiger partial charge in [-0.1, -0.05) is 0 Å². The van der Waals surface area contributed by atoms with Gasteiger partial charge in [0.2, 0.25) is 0 Å². The van der Waals surface area contributed by atoms with Crippen LogP contribution in [0.4, 0.5) is 25.0 Å². The predicted octanol–water partition coefficient (Wildman–Crippen LogP) is 2.91. The minimum Gasteiger partial charge on any atom is -0.491 e. The summed E-state index contributed by atoms with van der Waals surface area (Å²) in [5.74, 6) is -1.04. The second kappa shape index (κ2) is 9.12. The third-order valence-corrected chi connectivity index (χ3v) is 3.31. The molecule has 26 heavy (non-hydrogen) atoms. The molecule has 0 fully saturated rings. The molecule has 3 N–H and O–H groups in total. The smallest absolute Gasteiger partial charge is 0.323 e. The van der Waals surface area contributed by atoms with Crippen LogP contribution < -0.4 is 15.4 Å². The Morgan fingerprint density at radius 3 is 2.46 bits per heavy atom. The molecule has 0 spiro atoms. The third-order valence-electron chi connectivity index (χ3n) is 3.31. The lowest BCUT2D eigenvalue weighted by Crippen LogP contribution is -2.30. The van der Waals surface area contributed by atoms with Gasteiger partial charge < -0.3 is 25.4 Å². The van der Waals surface area contributed by atoms with Gasteiger partial charge in [0.05, 0.1) is 5.69 Å². The number of ether oxygens (including phenoxy) is 1. The first-order valence-electron chi connectivity index (χ1n) is 7.92. The Morgan fingerprint density at radius 2 is 1.85 bits per heavy atom. The zero-order valence-corrected chi connectivity index (χ0v) is 14.5. The van der Waals surface area contributed by atoms with Crippen molar-refractivity contribution in [3.05, 3.63) is 54.1 Å². The van der Waals surface area contributed by atoms with Crippen LogP contribution in [0.25, 0.3) is 0 Å². The maximum absolute atomic E-state index is 13.5. The summed E-state index contributed by atoms with van der Waals surface area (Å²) < 4.78 is 31.8. The number of urea groups is 1. The summed E-state index contributed by atoms with van der Waals surface area (Å²) in [5, 5.41) is 14.6. The molecule has 1 atom stereocenters. The lowest BCUT2D eigenvalue weighted by Gasteiger charge is -2.16. The number of halogens is 2. The molecule has 0 radical (unpaired) electrons. The van der Waals surface area contributed by atoms with Crippen molar-refractivity contribution in [2.45, 2.75) is 6.10 Å².